The van der Waals surface area contributed by atoms with Crippen LogP contribution < -0.4 is 0 Å². The van der Waals surface area contributed by atoms with E-state index in [4.69, 9.17) is 5.11 Å². The molecule has 0 aromatic heterocycles. The quantitative estimate of drug-likeness (QED) is 0.605. The van der Waals surface area contributed by atoms with Crippen molar-refractivity contribution in [3.05, 3.63) is 39.4 Å². The molecule has 6 heteroatoms. The van der Waals surface area contributed by atoms with Crippen LogP contribution in [0.15, 0.2) is 18.2 Å². The monoisotopic (exact) mass is 236 g/mol. The van der Waals surface area contributed by atoms with Gasteiger partial charge in [0.1, 0.15) is 0 Å². The van der Waals surface area contributed by atoms with E-state index in [0.29, 0.717) is 24.2 Å². The highest BCUT2D eigenvalue weighted by molar-refractivity contribution is 5.96. The Kier molecular flexibility index (Phi) is 2.81. The van der Waals surface area contributed by atoms with Gasteiger partial charge in [-0.25, -0.2) is 0 Å². The molecule has 6 nitrogen and oxygen atoms in total. The third kappa shape index (κ3) is 2.12. The summed E-state index contributed by atoms with van der Waals surface area (Å²) >= 11 is 0. The van der Waals surface area contributed by atoms with Crippen molar-refractivity contribution in [2.45, 2.75) is 13.0 Å². The fourth-order valence-electron chi connectivity index (χ4n) is 1.79. The molecule has 1 aromatic rings. The normalized spacial score (nSPS) is 15.5. The molecule has 1 aromatic carbocycles. The summed E-state index contributed by atoms with van der Waals surface area (Å²) in [5, 5.41) is 19.7. The lowest BCUT2D eigenvalue weighted by atomic mass is 10.0. The summed E-state index contributed by atoms with van der Waals surface area (Å²) in [6.07, 6.45) is -0.447. The van der Waals surface area contributed by atoms with Crippen LogP contribution >= 0.6 is 0 Å². The predicted octanol–water partition coefficient (Wildman–Crippen LogP) is 0.720. The molecule has 17 heavy (non-hydrogen) atoms. The van der Waals surface area contributed by atoms with E-state index in [0.717, 1.165) is 0 Å². The van der Waals surface area contributed by atoms with Gasteiger partial charge in [-0.3, -0.25) is 14.9 Å². The largest absolute Gasteiger partial charge is 0.389 e. The van der Waals surface area contributed by atoms with Crippen molar-refractivity contribution in [2.75, 3.05) is 13.1 Å². The van der Waals surface area contributed by atoms with Crippen LogP contribution in [0.25, 0.3) is 0 Å². The number of likely N-dealkylation sites (tertiary alicyclic amines) is 1. The van der Waals surface area contributed by atoms with Crippen LogP contribution in [-0.4, -0.2) is 40.0 Å². The number of non-ortho nitro benzene ring substituents is 1. The van der Waals surface area contributed by atoms with Crippen molar-refractivity contribution < 1.29 is 14.8 Å². The highest BCUT2D eigenvalue weighted by atomic mass is 16.6. The van der Waals surface area contributed by atoms with Crippen LogP contribution in [0, 0.1) is 17.0 Å². The second-order valence-corrected chi connectivity index (χ2v) is 4.12. The zero-order valence-corrected chi connectivity index (χ0v) is 9.29. The van der Waals surface area contributed by atoms with Crippen LogP contribution in [0.5, 0.6) is 0 Å². The molecule has 1 aliphatic heterocycles. The number of amides is 1. The number of carbonyl (C=O) groups excluding carboxylic acids is 1. The van der Waals surface area contributed by atoms with E-state index in [1.165, 1.54) is 23.1 Å². The lowest BCUT2D eigenvalue weighted by Crippen LogP contribution is -2.53. The smallest absolute Gasteiger partial charge is 0.269 e. The van der Waals surface area contributed by atoms with Crippen LogP contribution in [0.2, 0.25) is 0 Å². The summed E-state index contributed by atoms with van der Waals surface area (Å²) in [5.41, 5.74) is 0.996. The maximum atomic E-state index is 11.9. The molecule has 0 aliphatic carbocycles. The minimum atomic E-state index is -0.491. The number of aliphatic hydroxyl groups excluding tert-OH is 1. The Morgan fingerprint density at radius 2 is 2.18 bits per heavy atom. The summed E-state index contributed by atoms with van der Waals surface area (Å²) in [7, 11) is 0. The fourth-order valence-corrected chi connectivity index (χ4v) is 1.79. The van der Waals surface area contributed by atoms with Crippen molar-refractivity contribution in [3.8, 4) is 0 Å². The van der Waals surface area contributed by atoms with Gasteiger partial charge in [-0.05, 0) is 18.6 Å². The van der Waals surface area contributed by atoms with Gasteiger partial charge >= 0.3 is 0 Å². The number of hydrogen-bond acceptors (Lipinski definition) is 4. The van der Waals surface area contributed by atoms with E-state index >= 15 is 0 Å². The van der Waals surface area contributed by atoms with Gasteiger partial charge in [0.05, 0.1) is 11.0 Å². The number of aliphatic hydroxyl groups is 1. The molecule has 90 valence electrons. The highest BCUT2D eigenvalue weighted by Crippen LogP contribution is 2.20. The maximum absolute atomic E-state index is 11.9. The minimum Gasteiger partial charge on any atom is -0.389 e. The van der Waals surface area contributed by atoms with Crippen molar-refractivity contribution in [1.29, 1.82) is 0 Å². The number of aryl methyl sites for hydroxylation is 1. The van der Waals surface area contributed by atoms with Gasteiger partial charge in [-0.15, -0.1) is 0 Å². The van der Waals surface area contributed by atoms with Crippen molar-refractivity contribution in [1.82, 2.24) is 4.90 Å². The number of rotatable bonds is 2. The molecule has 1 aliphatic rings. The molecule has 1 fully saturated rings. The van der Waals surface area contributed by atoms with Gasteiger partial charge in [0, 0.05) is 30.8 Å². The number of nitro benzene ring substituents is 1. The van der Waals surface area contributed by atoms with Crippen LogP contribution in [0.1, 0.15) is 15.9 Å². The Balaban J connectivity index is 2.22. The topological polar surface area (TPSA) is 83.7 Å². The van der Waals surface area contributed by atoms with E-state index < -0.39 is 11.0 Å². The number of nitrogens with zero attached hydrogens (tertiary/aromatic N) is 2. The first-order valence-corrected chi connectivity index (χ1v) is 5.21. The first kappa shape index (κ1) is 11.5. The molecule has 0 atom stereocenters. The number of nitro groups is 1. The number of hydrogen-bond donors (Lipinski definition) is 1. The minimum absolute atomic E-state index is 0.0253. The summed E-state index contributed by atoms with van der Waals surface area (Å²) in [5.74, 6) is -0.192. The van der Waals surface area contributed by atoms with Gasteiger partial charge < -0.3 is 10.0 Å². The Morgan fingerprint density at radius 3 is 2.65 bits per heavy atom. The maximum Gasteiger partial charge on any atom is 0.269 e. The number of benzene rings is 1. The van der Waals surface area contributed by atoms with Crippen LogP contribution in [-0.2, 0) is 0 Å². The first-order chi connectivity index (χ1) is 7.99. The van der Waals surface area contributed by atoms with Crippen molar-refractivity contribution >= 4 is 11.6 Å². The molecule has 0 bridgehead atoms. The molecular formula is C11H12N2O4. The summed E-state index contributed by atoms with van der Waals surface area (Å²) in [6.45, 7) is 2.32. The van der Waals surface area contributed by atoms with Crippen molar-refractivity contribution in [3.63, 3.8) is 0 Å². The fraction of sp³-hybridized carbons (Fsp3) is 0.364. The van der Waals surface area contributed by atoms with E-state index in [2.05, 4.69) is 0 Å². The van der Waals surface area contributed by atoms with Crippen molar-refractivity contribution in [2.24, 2.45) is 0 Å². The second kappa shape index (κ2) is 4.14. The molecule has 0 radical (unpaired) electrons. The van der Waals surface area contributed by atoms with Gasteiger partial charge in [0.25, 0.3) is 11.6 Å². The van der Waals surface area contributed by atoms with Gasteiger partial charge in [-0.2, -0.15) is 0 Å². The molecule has 0 spiro atoms. The Labute approximate surface area is 97.6 Å². The molecular weight excluding hydrogens is 224 g/mol. The standard InChI is InChI=1S/C11H12N2O4/c1-7-4-8(13(16)17)2-3-10(7)11(15)12-5-9(14)6-12/h2-4,9,14H,5-6H2,1H3. The van der Waals surface area contributed by atoms with Gasteiger partial charge in [-0.1, -0.05) is 0 Å². The molecule has 1 amide bonds. The zero-order valence-electron chi connectivity index (χ0n) is 9.29. The van der Waals surface area contributed by atoms with Gasteiger partial charge in [0.2, 0.25) is 0 Å². The first-order valence-electron chi connectivity index (χ1n) is 5.21. The predicted molar refractivity (Wildman–Crippen MR) is 59.7 cm³/mol. The second-order valence-electron chi connectivity index (χ2n) is 4.12. The Morgan fingerprint density at radius 1 is 1.53 bits per heavy atom. The molecule has 0 unspecified atom stereocenters. The molecule has 1 N–H and O–H groups in total. The van der Waals surface area contributed by atoms with Crippen LogP contribution in [0.4, 0.5) is 5.69 Å². The van der Waals surface area contributed by atoms with E-state index in [-0.39, 0.29) is 11.6 Å². The Bertz CT molecular complexity index is 480. The number of carbonyl (C=O) groups is 1. The molecule has 1 saturated heterocycles. The average Bonchev–Trinajstić information content (AvgIpc) is 2.23. The van der Waals surface area contributed by atoms with E-state index in [9.17, 15) is 14.9 Å². The Hall–Kier alpha value is -1.95. The number of β-amino-alcohol motifs (C(OH)–C–C–N with tert-alkyl or cyclic N) is 1. The van der Waals surface area contributed by atoms with Crippen LogP contribution in [0.3, 0.4) is 0 Å². The highest BCUT2D eigenvalue weighted by Gasteiger charge is 2.30. The molecule has 2 rings (SSSR count). The molecule has 0 saturated carbocycles. The summed E-state index contributed by atoms with van der Waals surface area (Å²) < 4.78 is 0. The van der Waals surface area contributed by atoms with E-state index in [1.807, 2.05) is 0 Å². The lowest BCUT2D eigenvalue weighted by Gasteiger charge is -2.36. The summed E-state index contributed by atoms with van der Waals surface area (Å²) in [6, 6.07) is 4.15. The molecule has 1 heterocycles. The average molecular weight is 236 g/mol. The third-order valence-electron chi connectivity index (χ3n) is 2.80. The van der Waals surface area contributed by atoms with Gasteiger partial charge in [0.15, 0.2) is 0 Å². The summed E-state index contributed by atoms with van der Waals surface area (Å²) in [4.78, 5) is 23.5. The third-order valence-corrected chi connectivity index (χ3v) is 2.80. The SMILES string of the molecule is Cc1cc([N+](=O)[O-])ccc1C(=O)N1CC(O)C1. The van der Waals surface area contributed by atoms with E-state index in [1.54, 1.807) is 6.92 Å². The zero-order chi connectivity index (χ0) is 12.6. The lowest BCUT2D eigenvalue weighted by molar-refractivity contribution is -0.384.